The first-order chi connectivity index (χ1) is 14.0. The standard InChI is InChI=1S/C22H28ClN5O/c1-15(2)29-18-5-4-17-12-24-22(19(17)10-18)20-11-21(26-14-25-20)28-9-8-27(7-6-23)16(3)13-28/h4-5,10-11,14-16H,6-9,12-13H2,1-3H3/t16-/m0/s1. The zero-order valence-corrected chi connectivity index (χ0v) is 18.1. The second-order valence-electron chi connectivity index (χ2n) is 7.93. The van der Waals surface area contributed by atoms with Gasteiger partial charge in [0.25, 0.3) is 0 Å². The minimum atomic E-state index is 0.139. The van der Waals surface area contributed by atoms with Gasteiger partial charge in [-0.3, -0.25) is 9.89 Å². The molecule has 29 heavy (non-hydrogen) atoms. The van der Waals surface area contributed by atoms with Crippen LogP contribution in [0.25, 0.3) is 0 Å². The molecule has 4 rings (SSSR count). The largest absolute Gasteiger partial charge is 0.491 e. The van der Waals surface area contributed by atoms with Crippen LogP contribution in [0.1, 0.15) is 37.6 Å². The molecule has 1 atom stereocenters. The fraction of sp³-hybridized carbons (Fsp3) is 0.500. The number of fused-ring (bicyclic) bond motifs is 1. The van der Waals surface area contributed by atoms with Crippen LogP contribution in [0.3, 0.4) is 0 Å². The Labute approximate surface area is 177 Å². The van der Waals surface area contributed by atoms with Crippen molar-refractivity contribution < 1.29 is 4.74 Å². The molecule has 7 heteroatoms. The summed E-state index contributed by atoms with van der Waals surface area (Å²) in [6.07, 6.45) is 1.79. The lowest BCUT2D eigenvalue weighted by atomic mass is 10.0. The van der Waals surface area contributed by atoms with Gasteiger partial charge in [-0.05, 0) is 38.5 Å². The summed E-state index contributed by atoms with van der Waals surface area (Å²) in [5, 5.41) is 0. The van der Waals surface area contributed by atoms with Crippen LogP contribution in [-0.2, 0) is 6.54 Å². The molecule has 0 bridgehead atoms. The fourth-order valence-electron chi connectivity index (χ4n) is 4.02. The van der Waals surface area contributed by atoms with E-state index in [1.807, 2.05) is 19.9 Å². The van der Waals surface area contributed by atoms with Crippen molar-refractivity contribution in [2.45, 2.75) is 39.5 Å². The van der Waals surface area contributed by atoms with Gasteiger partial charge in [0, 0.05) is 49.7 Å². The van der Waals surface area contributed by atoms with E-state index in [0.29, 0.717) is 18.5 Å². The maximum atomic E-state index is 5.93. The first kappa shape index (κ1) is 20.1. The van der Waals surface area contributed by atoms with E-state index in [1.54, 1.807) is 6.33 Å². The number of ether oxygens (including phenoxy) is 1. The average Bonchev–Trinajstić information content (AvgIpc) is 3.12. The van der Waals surface area contributed by atoms with Gasteiger partial charge in [-0.25, -0.2) is 9.97 Å². The van der Waals surface area contributed by atoms with E-state index in [2.05, 4.69) is 44.9 Å². The highest BCUT2D eigenvalue weighted by Crippen LogP contribution is 2.28. The molecular formula is C22H28ClN5O. The summed E-state index contributed by atoms with van der Waals surface area (Å²) in [5.74, 6) is 2.49. The second-order valence-corrected chi connectivity index (χ2v) is 8.31. The van der Waals surface area contributed by atoms with Crippen molar-refractivity contribution in [1.29, 1.82) is 0 Å². The highest BCUT2D eigenvalue weighted by molar-refractivity contribution is 6.18. The Kier molecular flexibility index (Phi) is 6.01. The molecule has 0 spiro atoms. The quantitative estimate of drug-likeness (QED) is 0.679. The Morgan fingerprint density at radius 2 is 2.07 bits per heavy atom. The lowest BCUT2D eigenvalue weighted by Gasteiger charge is -2.40. The number of nitrogens with zero attached hydrogens (tertiary/aromatic N) is 5. The van der Waals surface area contributed by atoms with Crippen LogP contribution in [0.15, 0.2) is 35.6 Å². The molecule has 2 aliphatic rings. The predicted molar refractivity (Wildman–Crippen MR) is 118 cm³/mol. The van der Waals surface area contributed by atoms with Crippen molar-refractivity contribution in [3.8, 4) is 5.75 Å². The first-order valence-electron chi connectivity index (χ1n) is 10.3. The molecule has 6 nitrogen and oxygen atoms in total. The number of aliphatic imine (C=N–C) groups is 1. The number of hydrogen-bond donors (Lipinski definition) is 0. The summed E-state index contributed by atoms with van der Waals surface area (Å²) in [6, 6.07) is 8.71. The van der Waals surface area contributed by atoms with E-state index in [4.69, 9.17) is 21.3 Å². The molecule has 1 fully saturated rings. The molecule has 0 aliphatic carbocycles. The summed E-state index contributed by atoms with van der Waals surface area (Å²) in [4.78, 5) is 18.6. The number of anilines is 1. The van der Waals surface area contributed by atoms with Gasteiger partial charge in [-0.15, -0.1) is 11.6 Å². The third-order valence-electron chi connectivity index (χ3n) is 5.47. The van der Waals surface area contributed by atoms with Gasteiger partial charge in [0.05, 0.1) is 24.1 Å². The van der Waals surface area contributed by atoms with Gasteiger partial charge < -0.3 is 9.64 Å². The molecule has 2 aromatic rings. The molecule has 0 radical (unpaired) electrons. The topological polar surface area (TPSA) is 53.9 Å². The Balaban J connectivity index is 1.55. The van der Waals surface area contributed by atoms with Crippen molar-refractivity contribution >= 4 is 23.1 Å². The predicted octanol–water partition coefficient (Wildman–Crippen LogP) is 3.36. The Morgan fingerprint density at radius 3 is 2.83 bits per heavy atom. The lowest BCUT2D eigenvalue weighted by molar-refractivity contribution is 0.200. The fourth-order valence-corrected chi connectivity index (χ4v) is 4.24. The van der Waals surface area contributed by atoms with E-state index in [-0.39, 0.29) is 6.10 Å². The summed E-state index contributed by atoms with van der Waals surface area (Å²) in [5.41, 5.74) is 4.10. The summed E-state index contributed by atoms with van der Waals surface area (Å²) >= 11 is 5.93. The molecule has 1 aromatic carbocycles. The van der Waals surface area contributed by atoms with Gasteiger partial charge in [0.15, 0.2) is 0 Å². The average molecular weight is 414 g/mol. The van der Waals surface area contributed by atoms with E-state index >= 15 is 0 Å². The van der Waals surface area contributed by atoms with Crippen LogP contribution in [0.4, 0.5) is 5.82 Å². The lowest BCUT2D eigenvalue weighted by Crippen LogP contribution is -2.52. The summed E-state index contributed by atoms with van der Waals surface area (Å²) in [7, 11) is 0. The molecule has 154 valence electrons. The first-order valence-corrected chi connectivity index (χ1v) is 10.8. The molecule has 0 amide bonds. The van der Waals surface area contributed by atoms with Gasteiger partial charge in [0.2, 0.25) is 0 Å². The van der Waals surface area contributed by atoms with Gasteiger partial charge >= 0.3 is 0 Å². The Hall–Kier alpha value is -2.18. The number of halogens is 1. The Bertz CT molecular complexity index is 901. The summed E-state index contributed by atoms with van der Waals surface area (Å²) in [6.45, 7) is 10.8. The normalized spacial score (nSPS) is 19.4. The molecule has 2 aliphatic heterocycles. The number of aromatic nitrogens is 2. The van der Waals surface area contributed by atoms with Gasteiger partial charge in [-0.1, -0.05) is 6.07 Å². The summed E-state index contributed by atoms with van der Waals surface area (Å²) < 4.78 is 5.87. The van der Waals surface area contributed by atoms with Gasteiger partial charge in [-0.2, -0.15) is 0 Å². The SMILES string of the molecule is CC(C)Oc1ccc2c(c1)C(c1cc(N3CCN(CCCl)[C@@H](C)C3)ncn1)=NC2. The third kappa shape index (κ3) is 4.38. The van der Waals surface area contributed by atoms with E-state index in [1.165, 1.54) is 5.56 Å². The van der Waals surface area contributed by atoms with E-state index < -0.39 is 0 Å². The number of piperazine rings is 1. The molecule has 0 saturated carbocycles. The molecule has 1 aromatic heterocycles. The highest BCUT2D eigenvalue weighted by Gasteiger charge is 2.25. The van der Waals surface area contributed by atoms with E-state index in [9.17, 15) is 0 Å². The van der Waals surface area contributed by atoms with Crippen LogP contribution >= 0.6 is 11.6 Å². The van der Waals surface area contributed by atoms with Crippen LogP contribution in [0.5, 0.6) is 5.75 Å². The number of benzene rings is 1. The number of rotatable bonds is 6. The number of hydrogen-bond acceptors (Lipinski definition) is 6. The molecular weight excluding hydrogens is 386 g/mol. The number of alkyl halides is 1. The van der Waals surface area contributed by atoms with Gasteiger partial charge in [0.1, 0.15) is 17.9 Å². The molecule has 0 N–H and O–H groups in total. The maximum absolute atomic E-state index is 5.93. The van der Waals surface area contributed by atoms with Crippen molar-refractivity contribution in [3.05, 3.63) is 47.4 Å². The van der Waals surface area contributed by atoms with Crippen molar-refractivity contribution in [2.75, 3.05) is 37.0 Å². The van der Waals surface area contributed by atoms with Crippen molar-refractivity contribution in [1.82, 2.24) is 14.9 Å². The monoisotopic (exact) mass is 413 g/mol. The van der Waals surface area contributed by atoms with E-state index in [0.717, 1.165) is 54.7 Å². The Morgan fingerprint density at radius 1 is 1.21 bits per heavy atom. The third-order valence-corrected chi connectivity index (χ3v) is 5.64. The molecule has 1 saturated heterocycles. The van der Waals surface area contributed by atoms with Crippen LogP contribution in [0.2, 0.25) is 0 Å². The zero-order valence-electron chi connectivity index (χ0n) is 17.3. The molecule has 3 heterocycles. The van der Waals surface area contributed by atoms with Crippen LogP contribution in [-0.4, -0.2) is 64.8 Å². The van der Waals surface area contributed by atoms with Crippen LogP contribution in [0, 0.1) is 0 Å². The van der Waals surface area contributed by atoms with Crippen LogP contribution < -0.4 is 9.64 Å². The highest BCUT2D eigenvalue weighted by atomic mass is 35.5. The molecule has 0 unspecified atom stereocenters. The van der Waals surface area contributed by atoms with Crippen molar-refractivity contribution in [2.24, 2.45) is 4.99 Å². The maximum Gasteiger partial charge on any atom is 0.132 e. The zero-order chi connectivity index (χ0) is 20.4. The minimum absolute atomic E-state index is 0.139. The minimum Gasteiger partial charge on any atom is -0.491 e. The smallest absolute Gasteiger partial charge is 0.132 e. The second kappa shape index (κ2) is 8.67. The van der Waals surface area contributed by atoms with Crippen molar-refractivity contribution in [3.63, 3.8) is 0 Å².